The summed E-state index contributed by atoms with van der Waals surface area (Å²) in [5.41, 5.74) is 1.31. The fourth-order valence-electron chi connectivity index (χ4n) is 3.74. The number of methoxy groups -OCH3 is 1. The van der Waals surface area contributed by atoms with Crippen LogP contribution in [0.25, 0.3) is 0 Å². The van der Waals surface area contributed by atoms with Crippen molar-refractivity contribution >= 4 is 0 Å². The summed E-state index contributed by atoms with van der Waals surface area (Å²) < 4.78 is 24.0. The molecule has 0 bridgehead atoms. The first kappa shape index (κ1) is 24.3. The average molecular weight is 409 g/mol. The SMILES string of the molecule is CO[C@H]1[C@H](OCCCC(C)(C)C)[C@@H](O)[C@@H](OCc2ccccc2)O[C@@H]1CC(C)C. The molecule has 166 valence electrons. The summed E-state index contributed by atoms with van der Waals surface area (Å²) in [6.07, 6.45) is 0.202. The highest BCUT2D eigenvalue weighted by Gasteiger charge is 2.46. The van der Waals surface area contributed by atoms with Gasteiger partial charge in [-0.15, -0.1) is 0 Å². The van der Waals surface area contributed by atoms with Crippen LogP contribution in [-0.4, -0.2) is 49.5 Å². The van der Waals surface area contributed by atoms with Gasteiger partial charge in [-0.25, -0.2) is 0 Å². The van der Waals surface area contributed by atoms with Gasteiger partial charge in [-0.05, 0) is 36.2 Å². The lowest BCUT2D eigenvalue weighted by Crippen LogP contribution is -2.60. The van der Waals surface area contributed by atoms with Crippen molar-refractivity contribution in [2.75, 3.05) is 13.7 Å². The molecule has 1 aliphatic heterocycles. The lowest BCUT2D eigenvalue weighted by molar-refractivity contribution is -0.311. The Morgan fingerprint density at radius 2 is 1.76 bits per heavy atom. The number of rotatable bonds is 10. The van der Waals surface area contributed by atoms with E-state index in [0.29, 0.717) is 19.1 Å². The first-order valence-electron chi connectivity index (χ1n) is 10.8. The Morgan fingerprint density at radius 3 is 2.34 bits per heavy atom. The van der Waals surface area contributed by atoms with Gasteiger partial charge in [0.2, 0.25) is 0 Å². The molecule has 0 aliphatic carbocycles. The van der Waals surface area contributed by atoms with Crippen LogP contribution in [0.1, 0.15) is 59.4 Å². The van der Waals surface area contributed by atoms with E-state index in [2.05, 4.69) is 34.6 Å². The Balaban J connectivity index is 2.04. The van der Waals surface area contributed by atoms with Crippen molar-refractivity contribution in [3.63, 3.8) is 0 Å². The number of aliphatic hydroxyl groups excluding tert-OH is 1. The molecule has 0 radical (unpaired) electrons. The maximum Gasteiger partial charge on any atom is 0.186 e. The molecular formula is C24H40O5. The van der Waals surface area contributed by atoms with E-state index in [1.807, 2.05) is 30.3 Å². The highest BCUT2D eigenvalue weighted by molar-refractivity contribution is 5.13. The quantitative estimate of drug-likeness (QED) is 0.575. The third-order valence-electron chi connectivity index (χ3n) is 5.23. The molecule has 29 heavy (non-hydrogen) atoms. The van der Waals surface area contributed by atoms with E-state index < -0.39 is 18.5 Å². The van der Waals surface area contributed by atoms with E-state index in [1.54, 1.807) is 7.11 Å². The summed E-state index contributed by atoms with van der Waals surface area (Å²) in [7, 11) is 1.66. The molecule has 1 aromatic rings. The molecule has 0 aromatic heterocycles. The zero-order valence-corrected chi connectivity index (χ0v) is 19.0. The Morgan fingerprint density at radius 1 is 1.07 bits per heavy atom. The van der Waals surface area contributed by atoms with Gasteiger partial charge in [-0.2, -0.15) is 0 Å². The van der Waals surface area contributed by atoms with Crippen molar-refractivity contribution in [2.45, 2.75) is 91.2 Å². The zero-order valence-electron chi connectivity index (χ0n) is 19.0. The summed E-state index contributed by atoms with van der Waals surface area (Å²) in [4.78, 5) is 0. The minimum Gasteiger partial charge on any atom is -0.385 e. The Labute approximate surface area is 176 Å². The van der Waals surface area contributed by atoms with Crippen LogP contribution < -0.4 is 0 Å². The molecule has 1 N–H and O–H groups in total. The van der Waals surface area contributed by atoms with Gasteiger partial charge in [0.05, 0.1) is 12.7 Å². The smallest absolute Gasteiger partial charge is 0.186 e. The Hall–Kier alpha value is -0.980. The van der Waals surface area contributed by atoms with Gasteiger partial charge in [0, 0.05) is 13.7 Å². The monoisotopic (exact) mass is 408 g/mol. The predicted octanol–water partition coefficient (Wildman–Crippen LogP) is 4.56. The number of ether oxygens (including phenoxy) is 4. The normalized spacial score (nSPS) is 28.1. The second-order valence-corrected chi connectivity index (χ2v) is 9.66. The average Bonchev–Trinajstić information content (AvgIpc) is 2.65. The van der Waals surface area contributed by atoms with Crippen LogP contribution in [0.2, 0.25) is 0 Å². The molecule has 0 unspecified atom stereocenters. The highest BCUT2D eigenvalue weighted by Crippen LogP contribution is 2.31. The fourth-order valence-corrected chi connectivity index (χ4v) is 3.74. The van der Waals surface area contributed by atoms with Crippen LogP contribution in [0.5, 0.6) is 0 Å². The molecule has 1 fully saturated rings. The second kappa shape index (κ2) is 11.4. The van der Waals surface area contributed by atoms with E-state index in [-0.39, 0.29) is 17.6 Å². The zero-order chi connectivity index (χ0) is 21.4. The van der Waals surface area contributed by atoms with Crippen LogP contribution in [0.4, 0.5) is 0 Å². The predicted molar refractivity (Wildman–Crippen MR) is 115 cm³/mol. The van der Waals surface area contributed by atoms with Crippen LogP contribution in [0.3, 0.4) is 0 Å². The molecule has 5 nitrogen and oxygen atoms in total. The van der Waals surface area contributed by atoms with Crippen molar-refractivity contribution in [2.24, 2.45) is 11.3 Å². The largest absolute Gasteiger partial charge is 0.385 e. The maximum atomic E-state index is 11.0. The van der Waals surface area contributed by atoms with E-state index >= 15 is 0 Å². The first-order valence-corrected chi connectivity index (χ1v) is 10.8. The minimum atomic E-state index is -0.901. The fraction of sp³-hybridized carbons (Fsp3) is 0.750. The Kier molecular flexibility index (Phi) is 9.57. The van der Waals surface area contributed by atoms with Crippen molar-refractivity contribution in [1.82, 2.24) is 0 Å². The summed E-state index contributed by atoms with van der Waals surface area (Å²) in [6.45, 7) is 11.9. The van der Waals surface area contributed by atoms with Crippen LogP contribution in [-0.2, 0) is 25.6 Å². The molecular weight excluding hydrogens is 368 g/mol. The summed E-state index contributed by atoms with van der Waals surface area (Å²) in [6, 6.07) is 9.91. The van der Waals surface area contributed by atoms with Crippen LogP contribution in [0.15, 0.2) is 30.3 Å². The molecule has 1 aliphatic rings. The minimum absolute atomic E-state index is 0.184. The molecule has 0 spiro atoms. The van der Waals surface area contributed by atoms with Gasteiger partial charge < -0.3 is 24.1 Å². The number of hydrogen-bond acceptors (Lipinski definition) is 5. The molecule has 0 amide bonds. The van der Waals surface area contributed by atoms with Gasteiger partial charge in [0.15, 0.2) is 6.29 Å². The van der Waals surface area contributed by atoms with E-state index in [9.17, 15) is 5.11 Å². The lowest BCUT2D eigenvalue weighted by Gasteiger charge is -2.44. The van der Waals surface area contributed by atoms with Crippen molar-refractivity contribution < 1.29 is 24.1 Å². The summed E-state index contributed by atoms with van der Waals surface area (Å²) >= 11 is 0. The van der Waals surface area contributed by atoms with Gasteiger partial charge in [-0.3, -0.25) is 0 Å². The second-order valence-electron chi connectivity index (χ2n) is 9.66. The summed E-state index contributed by atoms with van der Waals surface area (Å²) in [5.74, 6) is 0.434. The molecule has 0 saturated carbocycles. The van der Waals surface area contributed by atoms with Crippen molar-refractivity contribution in [3.8, 4) is 0 Å². The molecule has 1 saturated heterocycles. The highest BCUT2D eigenvalue weighted by atomic mass is 16.7. The maximum absolute atomic E-state index is 11.0. The van der Waals surface area contributed by atoms with Crippen molar-refractivity contribution in [1.29, 1.82) is 0 Å². The molecule has 5 heteroatoms. The van der Waals surface area contributed by atoms with E-state index in [4.69, 9.17) is 18.9 Å². The van der Waals surface area contributed by atoms with Gasteiger partial charge in [-0.1, -0.05) is 65.0 Å². The molecule has 1 heterocycles. The molecule has 1 aromatic carbocycles. The first-order chi connectivity index (χ1) is 13.7. The number of hydrogen-bond donors (Lipinski definition) is 1. The standard InChI is InChI=1S/C24H40O5/c1-17(2)15-19-21(26-6)22(27-14-10-13-24(3,4)5)20(25)23(29-19)28-16-18-11-8-7-9-12-18/h7-9,11-12,17,19-23,25H,10,13-16H2,1-6H3/t19-,20-,21-,22-,23+/m1/s1. The topological polar surface area (TPSA) is 57.2 Å². The molecule has 5 atom stereocenters. The van der Waals surface area contributed by atoms with Crippen LogP contribution >= 0.6 is 0 Å². The van der Waals surface area contributed by atoms with Gasteiger partial charge in [0.1, 0.15) is 18.3 Å². The lowest BCUT2D eigenvalue weighted by atomic mass is 9.90. The molecule has 2 rings (SSSR count). The number of benzene rings is 1. The van der Waals surface area contributed by atoms with Gasteiger partial charge >= 0.3 is 0 Å². The summed E-state index contributed by atoms with van der Waals surface area (Å²) in [5, 5.41) is 11.0. The van der Waals surface area contributed by atoms with E-state index in [1.165, 1.54) is 0 Å². The Bertz CT molecular complexity index is 568. The van der Waals surface area contributed by atoms with Crippen LogP contribution in [0, 0.1) is 11.3 Å². The van der Waals surface area contributed by atoms with Gasteiger partial charge in [0.25, 0.3) is 0 Å². The third kappa shape index (κ3) is 7.99. The van der Waals surface area contributed by atoms with E-state index in [0.717, 1.165) is 24.8 Å². The third-order valence-corrected chi connectivity index (χ3v) is 5.23. The number of aliphatic hydroxyl groups is 1. The van der Waals surface area contributed by atoms with Crippen molar-refractivity contribution in [3.05, 3.63) is 35.9 Å².